The Kier molecular flexibility index (Phi) is 6.75. The van der Waals surface area contributed by atoms with E-state index in [-0.39, 0.29) is 0 Å². The molecule has 0 saturated carbocycles. The molecule has 7 nitrogen and oxygen atoms in total. The minimum Gasteiger partial charge on any atom is -0.465 e. The number of methoxy groups -OCH3 is 1. The van der Waals surface area contributed by atoms with Gasteiger partial charge in [0.15, 0.2) is 0 Å². The van der Waals surface area contributed by atoms with Gasteiger partial charge in [-0.2, -0.15) is 5.10 Å². The van der Waals surface area contributed by atoms with Crippen LogP contribution in [0, 0.1) is 0 Å². The topological polar surface area (TPSA) is 88.1 Å². The van der Waals surface area contributed by atoms with Gasteiger partial charge in [0.1, 0.15) is 0 Å². The number of hydrazone groups is 1. The number of esters is 1. The molecule has 0 aromatic heterocycles. The van der Waals surface area contributed by atoms with Crippen LogP contribution in [0.1, 0.15) is 29.8 Å². The molecule has 7 heteroatoms. The molecular formula is C15H19N3O4. The number of carbonyl (C=O) groups excluding carboxylic acids is 3. The van der Waals surface area contributed by atoms with E-state index in [9.17, 15) is 14.4 Å². The molecule has 0 aliphatic rings. The Morgan fingerprint density at radius 2 is 1.77 bits per heavy atom. The summed E-state index contributed by atoms with van der Waals surface area (Å²) in [6.45, 7) is 4.50. The van der Waals surface area contributed by atoms with E-state index in [2.05, 4.69) is 15.3 Å². The molecule has 0 heterocycles. The highest BCUT2D eigenvalue weighted by atomic mass is 16.5. The lowest BCUT2D eigenvalue weighted by Crippen LogP contribution is -2.41. The third-order valence-corrected chi connectivity index (χ3v) is 2.96. The van der Waals surface area contributed by atoms with Crippen molar-refractivity contribution in [2.75, 3.05) is 20.2 Å². The first-order valence-electron chi connectivity index (χ1n) is 6.84. The van der Waals surface area contributed by atoms with E-state index >= 15 is 0 Å². The van der Waals surface area contributed by atoms with Crippen molar-refractivity contribution in [3.63, 3.8) is 0 Å². The number of benzene rings is 1. The molecule has 22 heavy (non-hydrogen) atoms. The van der Waals surface area contributed by atoms with Gasteiger partial charge in [-0.15, -0.1) is 0 Å². The highest BCUT2D eigenvalue weighted by Crippen LogP contribution is 2.03. The Morgan fingerprint density at radius 3 is 2.27 bits per heavy atom. The second kappa shape index (κ2) is 8.56. The van der Waals surface area contributed by atoms with Crippen LogP contribution in [0.3, 0.4) is 0 Å². The molecule has 0 fully saturated rings. The van der Waals surface area contributed by atoms with Crippen molar-refractivity contribution in [1.29, 1.82) is 0 Å². The van der Waals surface area contributed by atoms with Gasteiger partial charge >= 0.3 is 17.8 Å². The van der Waals surface area contributed by atoms with E-state index in [1.807, 2.05) is 0 Å². The van der Waals surface area contributed by atoms with Crippen LogP contribution in [0.25, 0.3) is 0 Å². The Hall–Kier alpha value is -2.70. The lowest BCUT2D eigenvalue weighted by molar-refractivity contribution is -0.145. The highest BCUT2D eigenvalue weighted by Gasteiger charge is 2.18. The molecule has 1 aromatic carbocycles. The number of rotatable bonds is 5. The molecule has 0 atom stereocenters. The predicted octanol–water partition coefficient (Wildman–Crippen LogP) is 0.792. The minimum atomic E-state index is -0.786. The molecule has 0 aliphatic carbocycles. The zero-order chi connectivity index (χ0) is 16.5. The van der Waals surface area contributed by atoms with E-state index in [4.69, 9.17) is 0 Å². The van der Waals surface area contributed by atoms with E-state index < -0.39 is 17.8 Å². The SMILES string of the molecule is CCN(CC)C(=O)C(=O)N/N=C/c1ccc(C(=O)OC)cc1. The summed E-state index contributed by atoms with van der Waals surface area (Å²) in [5, 5.41) is 3.72. The Morgan fingerprint density at radius 1 is 1.18 bits per heavy atom. The zero-order valence-corrected chi connectivity index (χ0v) is 12.8. The molecule has 1 N–H and O–H groups in total. The molecule has 0 bridgehead atoms. The van der Waals surface area contributed by atoms with Crippen LogP contribution in [0.5, 0.6) is 0 Å². The number of ether oxygens (including phenoxy) is 1. The number of likely N-dealkylation sites (N-methyl/N-ethyl adjacent to an activating group) is 1. The zero-order valence-electron chi connectivity index (χ0n) is 12.8. The summed E-state index contributed by atoms with van der Waals surface area (Å²) in [5.41, 5.74) is 3.26. The number of hydrogen-bond donors (Lipinski definition) is 1. The van der Waals surface area contributed by atoms with Gasteiger partial charge in [0, 0.05) is 13.1 Å². The standard InChI is InChI=1S/C15H19N3O4/c1-4-18(5-2)14(20)13(19)17-16-10-11-6-8-12(9-7-11)15(21)22-3/h6-10H,4-5H2,1-3H3,(H,17,19)/b16-10+. The summed E-state index contributed by atoms with van der Waals surface area (Å²) in [6.07, 6.45) is 1.38. The van der Waals surface area contributed by atoms with Crippen LogP contribution in [0.15, 0.2) is 29.4 Å². The number of carbonyl (C=O) groups is 3. The van der Waals surface area contributed by atoms with Crippen LogP contribution >= 0.6 is 0 Å². The first-order chi connectivity index (χ1) is 10.5. The fourth-order valence-corrected chi connectivity index (χ4v) is 1.69. The van der Waals surface area contributed by atoms with E-state index in [1.165, 1.54) is 18.2 Å². The Balaban J connectivity index is 2.60. The number of amides is 2. The van der Waals surface area contributed by atoms with Crippen molar-refractivity contribution >= 4 is 24.0 Å². The van der Waals surface area contributed by atoms with Crippen LogP contribution in [0.4, 0.5) is 0 Å². The van der Waals surface area contributed by atoms with Gasteiger partial charge in [-0.25, -0.2) is 10.2 Å². The maximum Gasteiger partial charge on any atom is 0.337 e. The summed E-state index contributed by atoms with van der Waals surface area (Å²) >= 11 is 0. The molecule has 0 aliphatic heterocycles. The summed E-state index contributed by atoms with van der Waals surface area (Å²) in [6, 6.07) is 6.45. The third-order valence-electron chi connectivity index (χ3n) is 2.96. The van der Waals surface area contributed by atoms with Crippen LogP contribution in [-0.4, -0.2) is 49.1 Å². The van der Waals surface area contributed by atoms with Gasteiger partial charge < -0.3 is 9.64 Å². The van der Waals surface area contributed by atoms with Gasteiger partial charge in [0.05, 0.1) is 18.9 Å². The highest BCUT2D eigenvalue weighted by molar-refractivity contribution is 6.34. The normalized spacial score (nSPS) is 10.3. The molecule has 0 radical (unpaired) electrons. The van der Waals surface area contributed by atoms with Crippen LogP contribution in [0.2, 0.25) is 0 Å². The first kappa shape index (κ1) is 17.4. The van der Waals surface area contributed by atoms with Gasteiger partial charge in [0.25, 0.3) is 0 Å². The summed E-state index contributed by atoms with van der Waals surface area (Å²) in [5.74, 6) is -1.84. The fraction of sp³-hybridized carbons (Fsp3) is 0.333. The van der Waals surface area contributed by atoms with Gasteiger partial charge in [-0.1, -0.05) is 12.1 Å². The van der Waals surface area contributed by atoms with Crippen molar-refractivity contribution in [2.45, 2.75) is 13.8 Å². The van der Waals surface area contributed by atoms with Crippen LogP contribution < -0.4 is 5.43 Å². The average molecular weight is 305 g/mol. The molecule has 1 aromatic rings. The molecular weight excluding hydrogens is 286 g/mol. The summed E-state index contributed by atoms with van der Waals surface area (Å²) in [7, 11) is 1.31. The number of nitrogens with one attached hydrogen (secondary N) is 1. The monoisotopic (exact) mass is 305 g/mol. The van der Waals surface area contributed by atoms with Crippen molar-refractivity contribution in [3.8, 4) is 0 Å². The van der Waals surface area contributed by atoms with Crippen LogP contribution in [-0.2, 0) is 14.3 Å². The molecule has 0 spiro atoms. The first-order valence-corrected chi connectivity index (χ1v) is 6.84. The Labute approximate surface area is 128 Å². The molecule has 1 rings (SSSR count). The molecule has 118 valence electrons. The lowest BCUT2D eigenvalue weighted by Gasteiger charge is -2.16. The van der Waals surface area contributed by atoms with Crippen molar-refractivity contribution in [3.05, 3.63) is 35.4 Å². The van der Waals surface area contributed by atoms with E-state index in [0.717, 1.165) is 0 Å². The molecule has 0 unspecified atom stereocenters. The van der Waals surface area contributed by atoms with Crippen molar-refractivity contribution < 1.29 is 19.1 Å². The van der Waals surface area contributed by atoms with E-state index in [0.29, 0.717) is 24.2 Å². The maximum atomic E-state index is 11.7. The fourth-order valence-electron chi connectivity index (χ4n) is 1.69. The van der Waals surface area contributed by atoms with Crippen molar-refractivity contribution in [2.24, 2.45) is 5.10 Å². The Bertz CT molecular complexity index is 563. The second-order valence-corrected chi connectivity index (χ2v) is 4.29. The minimum absolute atomic E-state index is 0.417. The van der Waals surface area contributed by atoms with Gasteiger partial charge in [0.2, 0.25) is 0 Å². The summed E-state index contributed by atoms with van der Waals surface area (Å²) < 4.78 is 4.59. The van der Waals surface area contributed by atoms with Gasteiger partial charge in [-0.3, -0.25) is 9.59 Å². The lowest BCUT2D eigenvalue weighted by atomic mass is 10.1. The molecule has 2 amide bonds. The number of nitrogens with zero attached hydrogens (tertiary/aromatic N) is 2. The average Bonchev–Trinajstić information content (AvgIpc) is 2.55. The summed E-state index contributed by atoms with van der Waals surface area (Å²) in [4.78, 5) is 36.0. The quantitative estimate of drug-likeness (QED) is 0.377. The van der Waals surface area contributed by atoms with Crippen molar-refractivity contribution in [1.82, 2.24) is 10.3 Å². The third kappa shape index (κ3) is 4.69. The smallest absolute Gasteiger partial charge is 0.337 e. The van der Waals surface area contributed by atoms with E-state index in [1.54, 1.807) is 38.1 Å². The maximum absolute atomic E-state index is 11.7. The predicted molar refractivity (Wildman–Crippen MR) is 81.4 cm³/mol. The van der Waals surface area contributed by atoms with Gasteiger partial charge in [-0.05, 0) is 31.5 Å². The second-order valence-electron chi connectivity index (χ2n) is 4.29. The molecule has 0 saturated heterocycles. The number of hydrogen-bond acceptors (Lipinski definition) is 5. The largest absolute Gasteiger partial charge is 0.465 e.